The molecule has 9 heteroatoms. The number of ether oxygens (including phenoxy) is 1. The summed E-state index contributed by atoms with van der Waals surface area (Å²) in [5.74, 6) is 1.84. The van der Waals surface area contributed by atoms with Crippen molar-refractivity contribution in [3.8, 4) is 5.75 Å². The zero-order chi connectivity index (χ0) is 20.6. The van der Waals surface area contributed by atoms with E-state index in [1.807, 2.05) is 23.1 Å². The zero-order valence-corrected chi connectivity index (χ0v) is 17.1. The topological polar surface area (TPSA) is 96.1 Å². The first kappa shape index (κ1) is 20.7. The molecule has 1 aromatic carbocycles. The number of amides is 1. The zero-order valence-electron chi connectivity index (χ0n) is 16.3. The second kappa shape index (κ2) is 9.97. The van der Waals surface area contributed by atoms with Crippen molar-refractivity contribution in [2.24, 2.45) is 10.7 Å². The SMILES string of the molecule is COc1ccc(NC(N)=NCCC(=O)N2CCN(c3ccccn3)CC2)cc1Cl. The number of anilines is 2. The summed E-state index contributed by atoms with van der Waals surface area (Å²) in [4.78, 5) is 25.1. The van der Waals surface area contributed by atoms with Crippen LogP contribution >= 0.6 is 11.6 Å². The number of nitrogens with two attached hydrogens (primary N) is 1. The molecule has 154 valence electrons. The smallest absolute Gasteiger partial charge is 0.224 e. The predicted molar refractivity (Wildman–Crippen MR) is 116 cm³/mol. The first-order valence-corrected chi connectivity index (χ1v) is 9.79. The fraction of sp³-hybridized carbons (Fsp3) is 0.350. The van der Waals surface area contributed by atoms with Gasteiger partial charge in [-0.3, -0.25) is 9.79 Å². The van der Waals surface area contributed by atoms with Crippen molar-refractivity contribution in [1.82, 2.24) is 9.88 Å². The van der Waals surface area contributed by atoms with Crippen molar-refractivity contribution in [2.75, 3.05) is 50.1 Å². The molecule has 0 radical (unpaired) electrons. The van der Waals surface area contributed by atoms with Gasteiger partial charge in [0.15, 0.2) is 5.96 Å². The molecule has 0 saturated carbocycles. The second-order valence-corrected chi connectivity index (χ2v) is 6.95. The lowest BCUT2D eigenvalue weighted by atomic mass is 10.2. The lowest BCUT2D eigenvalue weighted by Gasteiger charge is -2.35. The third-order valence-corrected chi connectivity index (χ3v) is 4.93. The summed E-state index contributed by atoms with van der Waals surface area (Å²) in [5.41, 5.74) is 6.60. The first-order valence-electron chi connectivity index (χ1n) is 9.41. The number of nitrogens with one attached hydrogen (secondary N) is 1. The van der Waals surface area contributed by atoms with Crippen LogP contribution in [0.15, 0.2) is 47.6 Å². The maximum atomic E-state index is 12.4. The molecular formula is C20H25ClN6O2. The standard InChI is InChI=1S/C20H25ClN6O2/c1-29-17-6-5-15(14-16(17)21)25-20(22)24-9-7-19(28)27-12-10-26(11-13-27)18-4-2-3-8-23-18/h2-6,8,14H,7,9-13H2,1H3,(H3,22,24,25). The Kier molecular flexibility index (Phi) is 7.13. The molecule has 0 unspecified atom stereocenters. The van der Waals surface area contributed by atoms with Gasteiger partial charge in [0.25, 0.3) is 0 Å². The molecule has 1 fully saturated rings. The molecule has 3 rings (SSSR count). The molecule has 1 aliphatic rings. The van der Waals surface area contributed by atoms with E-state index in [2.05, 4.69) is 20.2 Å². The van der Waals surface area contributed by atoms with E-state index >= 15 is 0 Å². The molecule has 1 amide bonds. The molecule has 1 saturated heterocycles. The summed E-state index contributed by atoms with van der Waals surface area (Å²) < 4.78 is 5.12. The Labute approximate surface area is 175 Å². The Hall–Kier alpha value is -3.00. The van der Waals surface area contributed by atoms with Gasteiger partial charge in [0.2, 0.25) is 5.91 Å². The molecular weight excluding hydrogens is 392 g/mol. The minimum atomic E-state index is 0.0784. The average molecular weight is 417 g/mol. The first-order chi connectivity index (χ1) is 14.1. The van der Waals surface area contributed by atoms with Gasteiger partial charge >= 0.3 is 0 Å². The van der Waals surface area contributed by atoms with Crippen LogP contribution in [0.4, 0.5) is 11.5 Å². The van der Waals surface area contributed by atoms with Gasteiger partial charge in [-0.25, -0.2) is 4.98 Å². The largest absolute Gasteiger partial charge is 0.495 e. The molecule has 0 spiro atoms. The number of piperazine rings is 1. The van der Waals surface area contributed by atoms with Crippen molar-refractivity contribution in [2.45, 2.75) is 6.42 Å². The monoisotopic (exact) mass is 416 g/mol. The van der Waals surface area contributed by atoms with Crippen molar-refractivity contribution in [3.63, 3.8) is 0 Å². The number of pyridine rings is 1. The van der Waals surface area contributed by atoms with E-state index < -0.39 is 0 Å². The number of carbonyl (C=O) groups excluding carboxylic acids is 1. The molecule has 1 aliphatic heterocycles. The summed E-state index contributed by atoms with van der Waals surface area (Å²) in [6, 6.07) is 11.1. The number of nitrogens with zero attached hydrogens (tertiary/aromatic N) is 4. The number of benzene rings is 1. The molecule has 2 heterocycles. The number of hydrogen-bond donors (Lipinski definition) is 2. The highest BCUT2D eigenvalue weighted by Gasteiger charge is 2.21. The fourth-order valence-electron chi connectivity index (χ4n) is 3.09. The number of guanidine groups is 1. The molecule has 29 heavy (non-hydrogen) atoms. The minimum Gasteiger partial charge on any atom is -0.495 e. The highest BCUT2D eigenvalue weighted by molar-refractivity contribution is 6.32. The van der Waals surface area contributed by atoms with Crippen LogP contribution in [0.3, 0.4) is 0 Å². The second-order valence-electron chi connectivity index (χ2n) is 6.55. The van der Waals surface area contributed by atoms with Crippen LogP contribution in [-0.4, -0.2) is 61.6 Å². The van der Waals surface area contributed by atoms with Gasteiger partial charge in [-0.05, 0) is 30.3 Å². The lowest BCUT2D eigenvalue weighted by molar-refractivity contribution is -0.131. The van der Waals surface area contributed by atoms with E-state index in [0.717, 1.165) is 18.9 Å². The molecule has 3 N–H and O–H groups in total. The summed E-state index contributed by atoms with van der Waals surface area (Å²) in [5, 5.41) is 3.44. The molecule has 0 bridgehead atoms. The Morgan fingerprint density at radius 3 is 2.72 bits per heavy atom. The third-order valence-electron chi connectivity index (χ3n) is 4.64. The minimum absolute atomic E-state index is 0.0784. The Morgan fingerprint density at radius 2 is 2.07 bits per heavy atom. The summed E-state index contributed by atoms with van der Waals surface area (Å²) >= 11 is 6.09. The number of carbonyl (C=O) groups is 1. The van der Waals surface area contributed by atoms with E-state index in [9.17, 15) is 4.79 Å². The average Bonchev–Trinajstić information content (AvgIpc) is 2.74. The van der Waals surface area contributed by atoms with E-state index in [-0.39, 0.29) is 11.9 Å². The van der Waals surface area contributed by atoms with Crippen LogP contribution in [0.25, 0.3) is 0 Å². The van der Waals surface area contributed by atoms with Crippen LogP contribution in [0.5, 0.6) is 5.75 Å². The summed E-state index contributed by atoms with van der Waals surface area (Å²) in [7, 11) is 1.56. The van der Waals surface area contributed by atoms with Gasteiger partial charge in [0.1, 0.15) is 11.6 Å². The van der Waals surface area contributed by atoms with Gasteiger partial charge in [0, 0.05) is 44.5 Å². The van der Waals surface area contributed by atoms with Gasteiger partial charge in [-0.15, -0.1) is 0 Å². The number of hydrogen-bond acceptors (Lipinski definition) is 5. The Balaban J connectivity index is 1.43. The molecule has 2 aromatic rings. The van der Waals surface area contributed by atoms with Crippen molar-refractivity contribution >= 4 is 35.0 Å². The van der Waals surface area contributed by atoms with Crippen LogP contribution in [0.2, 0.25) is 5.02 Å². The van der Waals surface area contributed by atoms with Gasteiger partial charge in [-0.2, -0.15) is 0 Å². The van der Waals surface area contributed by atoms with Crippen molar-refractivity contribution in [1.29, 1.82) is 0 Å². The Morgan fingerprint density at radius 1 is 1.28 bits per heavy atom. The van der Waals surface area contributed by atoms with Crippen LogP contribution in [0.1, 0.15) is 6.42 Å². The van der Waals surface area contributed by atoms with Crippen LogP contribution in [0, 0.1) is 0 Å². The van der Waals surface area contributed by atoms with Crippen molar-refractivity contribution < 1.29 is 9.53 Å². The number of aliphatic imine (C=N–C) groups is 1. The van der Waals surface area contributed by atoms with E-state index in [1.165, 1.54) is 0 Å². The number of aromatic nitrogens is 1. The van der Waals surface area contributed by atoms with Gasteiger partial charge in [-0.1, -0.05) is 17.7 Å². The third kappa shape index (κ3) is 5.74. The maximum absolute atomic E-state index is 12.4. The summed E-state index contributed by atoms with van der Waals surface area (Å²) in [6.45, 7) is 3.22. The predicted octanol–water partition coefficient (Wildman–Crippen LogP) is 2.21. The highest BCUT2D eigenvalue weighted by Crippen LogP contribution is 2.27. The fourth-order valence-corrected chi connectivity index (χ4v) is 3.35. The van der Waals surface area contributed by atoms with Crippen LogP contribution in [-0.2, 0) is 4.79 Å². The van der Waals surface area contributed by atoms with E-state index in [1.54, 1.807) is 31.5 Å². The number of methoxy groups -OCH3 is 1. The Bertz CT molecular complexity index is 853. The molecule has 0 atom stereocenters. The van der Waals surface area contributed by atoms with E-state index in [4.69, 9.17) is 22.1 Å². The quantitative estimate of drug-likeness (QED) is 0.553. The molecule has 0 aliphatic carbocycles. The highest BCUT2D eigenvalue weighted by atomic mass is 35.5. The molecule has 8 nitrogen and oxygen atoms in total. The number of halogens is 1. The lowest BCUT2D eigenvalue weighted by Crippen LogP contribution is -2.49. The van der Waals surface area contributed by atoms with Gasteiger partial charge in [0.05, 0.1) is 18.7 Å². The normalized spacial score (nSPS) is 14.6. The number of rotatable bonds is 6. The maximum Gasteiger partial charge on any atom is 0.224 e. The summed E-state index contributed by atoms with van der Waals surface area (Å²) in [6.07, 6.45) is 2.10. The molecule has 1 aromatic heterocycles. The van der Waals surface area contributed by atoms with E-state index in [0.29, 0.717) is 42.5 Å². The van der Waals surface area contributed by atoms with Crippen molar-refractivity contribution in [3.05, 3.63) is 47.6 Å². The van der Waals surface area contributed by atoms with Gasteiger partial charge < -0.3 is 25.6 Å². The van der Waals surface area contributed by atoms with Crippen LogP contribution < -0.4 is 20.7 Å².